The lowest BCUT2D eigenvalue weighted by Gasteiger charge is -2.55. The molecule has 4 aliphatic carbocycles. The van der Waals surface area contributed by atoms with E-state index in [1.807, 2.05) is 30.3 Å². The van der Waals surface area contributed by atoms with Gasteiger partial charge in [-0.3, -0.25) is 9.59 Å². The van der Waals surface area contributed by atoms with E-state index in [2.05, 4.69) is 10.6 Å². The molecule has 0 unspecified atom stereocenters. The summed E-state index contributed by atoms with van der Waals surface area (Å²) in [5.41, 5.74) is 0.873. The topological polar surface area (TPSA) is 58.2 Å². The number of carbonyl (C=O) groups excluding carboxylic acids is 2. The highest BCUT2D eigenvalue weighted by Gasteiger charge is 2.54. The average Bonchev–Trinajstić information content (AvgIpc) is 2.59. The van der Waals surface area contributed by atoms with E-state index in [9.17, 15) is 9.59 Å². The largest absolute Gasteiger partial charge is 0.350 e. The van der Waals surface area contributed by atoms with E-state index in [0.29, 0.717) is 6.54 Å². The fraction of sp³-hybridized carbons (Fsp3) is 0.619. The zero-order valence-electron chi connectivity index (χ0n) is 15.0. The Bertz CT molecular complexity index is 620. The predicted octanol–water partition coefficient (Wildman–Crippen LogP) is 3.02. The van der Waals surface area contributed by atoms with E-state index in [0.717, 1.165) is 42.6 Å². The van der Waals surface area contributed by atoms with Crippen molar-refractivity contribution >= 4 is 11.8 Å². The van der Waals surface area contributed by atoms with Gasteiger partial charge >= 0.3 is 0 Å². The Kier molecular flexibility index (Phi) is 4.30. The zero-order chi connectivity index (χ0) is 17.4. The molecule has 4 fully saturated rings. The van der Waals surface area contributed by atoms with Gasteiger partial charge < -0.3 is 10.6 Å². The number of amides is 2. The van der Waals surface area contributed by atoms with Gasteiger partial charge in [-0.2, -0.15) is 0 Å². The normalized spacial score (nSPS) is 33.7. The van der Waals surface area contributed by atoms with E-state index in [-0.39, 0.29) is 17.2 Å². The lowest BCUT2D eigenvalue weighted by atomic mass is 9.49. The van der Waals surface area contributed by atoms with E-state index < -0.39 is 6.04 Å². The van der Waals surface area contributed by atoms with Crippen LogP contribution in [0.15, 0.2) is 30.3 Å². The number of hydrogen-bond acceptors (Lipinski definition) is 2. The molecular formula is C21H28N2O2. The van der Waals surface area contributed by atoms with Gasteiger partial charge in [0.25, 0.3) is 0 Å². The highest BCUT2D eigenvalue weighted by atomic mass is 16.2. The van der Waals surface area contributed by atoms with Crippen LogP contribution in [0.3, 0.4) is 0 Å². The molecule has 4 aliphatic rings. The van der Waals surface area contributed by atoms with Crippen LogP contribution >= 0.6 is 0 Å². The molecule has 134 valence electrons. The Morgan fingerprint density at radius 3 is 2.16 bits per heavy atom. The minimum absolute atomic E-state index is 0.109. The first-order valence-corrected chi connectivity index (χ1v) is 9.67. The van der Waals surface area contributed by atoms with E-state index >= 15 is 0 Å². The number of nitrogens with one attached hydrogen (secondary N) is 2. The monoisotopic (exact) mass is 340 g/mol. The zero-order valence-corrected chi connectivity index (χ0v) is 15.0. The van der Waals surface area contributed by atoms with Gasteiger partial charge in [-0.05, 0) is 68.8 Å². The Morgan fingerprint density at radius 1 is 1.04 bits per heavy atom. The van der Waals surface area contributed by atoms with Gasteiger partial charge in [0.1, 0.15) is 6.04 Å². The number of carbonyl (C=O) groups is 2. The Balaban J connectivity index is 1.33. The van der Waals surface area contributed by atoms with Crippen molar-refractivity contribution in [2.45, 2.75) is 58.0 Å². The Labute approximate surface area is 149 Å². The molecule has 0 aliphatic heterocycles. The summed E-state index contributed by atoms with van der Waals surface area (Å²) in [7, 11) is 0. The smallest absolute Gasteiger partial charge is 0.242 e. The fourth-order valence-corrected chi connectivity index (χ4v) is 5.74. The third kappa shape index (κ3) is 3.31. The van der Waals surface area contributed by atoms with Gasteiger partial charge in [0.05, 0.1) is 0 Å². The maximum absolute atomic E-state index is 13.0. The van der Waals surface area contributed by atoms with Crippen molar-refractivity contribution in [3.63, 3.8) is 0 Å². The first-order chi connectivity index (χ1) is 12.0. The quantitative estimate of drug-likeness (QED) is 0.866. The van der Waals surface area contributed by atoms with Crippen molar-refractivity contribution in [3.05, 3.63) is 35.9 Å². The lowest BCUT2D eigenvalue weighted by molar-refractivity contribution is -0.148. The molecule has 0 saturated heterocycles. The summed E-state index contributed by atoms with van der Waals surface area (Å²) in [6.07, 6.45) is 7.05. The summed E-state index contributed by atoms with van der Waals surface area (Å²) in [5, 5.41) is 5.95. The van der Waals surface area contributed by atoms with Gasteiger partial charge in [-0.25, -0.2) is 0 Å². The predicted molar refractivity (Wildman–Crippen MR) is 96.5 cm³/mol. The maximum Gasteiger partial charge on any atom is 0.242 e. The molecule has 0 spiro atoms. The third-order valence-electron chi connectivity index (χ3n) is 6.57. The molecule has 1 atom stereocenters. The summed E-state index contributed by atoms with van der Waals surface area (Å²) in [5.74, 6) is 2.22. The number of rotatable bonds is 5. The third-order valence-corrected chi connectivity index (χ3v) is 6.57. The van der Waals surface area contributed by atoms with Gasteiger partial charge in [0.15, 0.2) is 0 Å². The van der Waals surface area contributed by atoms with Crippen molar-refractivity contribution in [2.24, 2.45) is 23.2 Å². The molecule has 0 heterocycles. The highest BCUT2D eigenvalue weighted by molar-refractivity contribution is 5.90. The van der Waals surface area contributed by atoms with Gasteiger partial charge in [0.2, 0.25) is 11.8 Å². The van der Waals surface area contributed by atoms with Gasteiger partial charge in [-0.1, -0.05) is 30.3 Å². The molecule has 4 heteroatoms. The summed E-state index contributed by atoms with van der Waals surface area (Å²) in [4.78, 5) is 25.3. The molecule has 5 rings (SSSR count). The van der Waals surface area contributed by atoms with Crippen LogP contribution < -0.4 is 10.6 Å². The van der Waals surface area contributed by atoms with Crippen LogP contribution in [-0.4, -0.2) is 17.9 Å². The van der Waals surface area contributed by atoms with Crippen LogP contribution in [0.5, 0.6) is 0 Å². The van der Waals surface area contributed by atoms with Gasteiger partial charge in [0, 0.05) is 12.0 Å². The average molecular weight is 340 g/mol. The van der Waals surface area contributed by atoms with Crippen LogP contribution in [0, 0.1) is 23.2 Å². The minimum atomic E-state index is -0.482. The molecule has 1 aromatic carbocycles. The van der Waals surface area contributed by atoms with Crippen molar-refractivity contribution in [3.8, 4) is 0 Å². The molecule has 2 amide bonds. The first kappa shape index (κ1) is 16.6. The molecule has 25 heavy (non-hydrogen) atoms. The summed E-state index contributed by atoms with van der Waals surface area (Å²) in [6.45, 7) is 2.29. The number of hydrogen-bond donors (Lipinski definition) is 2. The van der Waals surface area contributed by atoms with Crippen molar-refractivity contribution in [2.75, 3.05) is 0 Å². The Morgan fingerprint density at radius 2 is 1.60 bits per heavy atom. The molecule has 0 aromatic heterocycles. The van der Waals surface area contributed by atoms with Crippen LogP contribution in [-0.2, 0) is 16.1 Å². The van der Waals surface area contributed by atoms with E-state index in [1.54, 1.807) is 6.92 Å². The second kappa shape index (κ2) is 6.47. The van der Waals surface area contributed by atoms with Crippen LogP contribution in [0.25, 0.3) is 0 Å². The standard InChI is InChI=1S/C21H28N2O2/c1-14(19(24)22-13-15-5-3-2-4-6-15)23-20(25)21-10-16-7-17(11-21)9-18(8-16)12-21/h2-6,14,16-18H,7-13H2,1H3,(H,22,24)(H,23,25)/t14-,16?,17?,18?,21?/m0/s1. The van der Waals surface area contributed by atoms with E-state index in [4.69, 9.17) is 0 Å². The SMILES string of the molecule is C[C@H](NC(=O)C12CC3CC(CC(C3)C1)C2)C(=O)NCc1ccccc1. The van der Waals surface area contributed by atoms with Crippen LogP contribution in [0.2, 0.25) is 0 Å². The van der Waals surface area contributed by atoms with E-state index in [1.165, 1.54) is 19.3 Å². The molecule has 4 saturated carbocycles. The Hall–Kier alpha value is -1.84. The molecule has 2 N–H and O–H groups in total. The molecule has 1 aromatic rings. The lowest BCUT2D eigenvalue weighted by Crippen LogP contribution is -2.56. The second-order valence-electron chi connectivity index (χ2n) is 8.60. The second-order valence-corrected chi connectivity index (χ2v) is 8.60. The summed E-state index contributed by atoms with van der Waals surface area (Å²) >= 11 is 0. The molecule has 4 nitrogen and oxygen atoms in total. The van der Waals surface area contributed by atoms with Crippen molar-refractivity contribution in [1.82, 2.24) is 10.6 Å². The first-order valence-electron chi connectivity index (χ1n) is 9.67. The minimum Gasteiger partial charge on any atom is -0.350 e. The fourth-order valence-electron chi connectivity index (χ4n) is 5.74. The number of benzene rings is 1. The molecule has 0 radical (unpaired) electrons. The van der Waals surface area contributed by atoms with Crippen LogP contribution in [0.4, 0.5) is 0 Å². The van der Waals surface area contributed by atoms with Crippen LogP contribution in [0.1, 0.15) is 51.0 Å². The maximum atomic E-state index is 13.0. The highest BCUT2D eigenvalue weighted by Crippen LogP contribution is 2.60. The van der Waals surface area contributed by atoms with Crippen molar-refractivity contribution < 1.29 is 9.59 Å². The van der Waals surface area contributed by atoms with Gasteiger partial charge in [-0.15, -0.1) is 0 Å². The molecular weight excluding hydrogens is 312 g/mol. The van der Waals surface area contributed by atoms with Crippen molar-refractivity contribution in [1.29, 1.82) is 0 Å². The summed E-state index contributed by atoms with van der Waals surface area (Å²) in [6, 6.07) is 9.36. The summed E-state index contributed by atoms with van der Waals surface area (Å²) < 4.78 is 0. The molecule has 4 bridgehead atoms.